The number of halogens is 1. The van der Waals surface area contributed by atoms with Crippen LogP contribution in [0.4, 0.5) is 10.3 Å². The fourth-order valence-electron chi connectivity index (χ4n) is 4.38. The Labute approximate surface area is 204 Å². The van der Waals surface area contributed by atoms with E-state index in [9.17, 15) is 12.8 Å². The quantitative estimate of drug-likeness (QED) is 0.505. The minimum absolute atomic E-state index is 0.0471. The van der Waals surface area contributed by atoms with Crippen molar-refractivity contribution in [1.29, 1.82) is 0 Å². The molecule has 1 aromatic heterocycles. The van der Waals surface area contributed by atoms with Gasteiger partial charge in [0, 0.05) is 32.6 Å². The Morgan fingerprint density at radius 2 is 1.57 bits per heavy atom. The molecule has 184 valence electrons. The van der Waals surface area contributed by atoms with E-state index in [-0.39, 0.29) is 18.0 Å². The summed E-state index contributed by atoms with van der Waals surface area (Å²) < 4.78 is 52.7. The van der Waals surface area contributed by atoms with Crippen LogP contribution in [0, 0.1) is 5.82 Å². The van der Waals surface area contributed by atoms with Crippen LogP contribution in [0.25, 0.3) is 0 Å². The molecule has 0 saturated carbocycles. The smallest absolute Gasteiger partial charge is 0.243 e. The highest BCUT2D eigenvalue weighted by Crippen LogP contribution is 2.34. The van der Waals surface area contributed by atoms with Gasteiger partial charge < -0.3 is 14.4 Å². The van der Waals surface area contributed by atoms with E-state index in [0.29, 0.717) is 35.3 Å². The molecule has 0 bridgehead atoms. The molecule has 10 heteroatoms. The van der Waals surface area contributed by atoms with Crippen LogP contribution in [0.3, 0.4) is 0 Å². The second kappa shape index (κ2) is 9.79. The highest BCUT2D eigenvalue weighted by atomic mass is 32.2. The lowest BCUT2D eigenvalue weighted by atomic mass is 10.1. The number of methoxy groups -OCH3 is 1. The molecule has 8 nitrogen and oxygen atoms in total. The normalized spacial score (nSPS) is 16.6. The molecule has 0 N–H and O–H groups in total. The Morgan fingerprint density at radius 1 is 0.886 bits per heavy atom. The molecule has 1 saturated heterocycles. The van der Waals surface area contributed by atoms with Crippen LogP contribution in [0.15, 0.2) is 53.4 Å². The Kier molecular flexibility index (Phi) is 6.57. The van der Waals surface area contributed by atoms with Gasteiger partial charge in [0.1, 0.15) is 17.3 Å². The Bertz CT molecular complexity index is 1290. The van der Waals surface area contributed by atoms with Crippen LogP contribution in [-0.2, 0) is 23.0 Å². The first kappa shape index (κ1) is 23.5. The van der Waals surface area contributed by atoms with Crippen molar-refractivity contribution in [1.82, 2.24) is 14.3 Å². The number of hydrogen-bond donors (Lipinski definition) is 0. The number of piperidine rings is 1. The van der Waals surface area contributed by atoms with E-state index in [4.69, 9.17) is 19.4 Å². The van der Waals surface area contributed by atoms with E-state index < -0.39 is 15.8 Å². The molecule has 0 unspecified atom stereocenters. The van der Waals surface area contributed by atoms with Gasteiger partial charge in [-0.15, -0.1) is 0 Å². The first-order valence-corrected chi connectivity index (χ1v) is 13.1. The first-order valence-electron chi connectivity index (χ1n) is 11.7. The maximum Gasteiger partial charge on any atom is 0.243 e. The molecule has 1 fully saturated rings. The lowest BCUT2D eigenvalue weighted by Crippen LogP contribution is -2.37. The van der Waals surface area contributed by atoms with Gasteiger partial charge in [0.05, 0.1) is 23.3 Å². The molecular formula is C25H27FN4O4S. The summed E-state index contributed by atoms with van der Waals surface area (Å²) in [6.07, 6.45) is 3.78. The lowest BCUT2D eigenvalue weighted by Gasteiger charge is -2.31. The standard InChI is InChI=1S/C25H27FN4O4S/c1-33-19-7-9-20(10-8-19)34-24-22-17-30(35(31,32)21-11-5-18(26)6-12-21)16-13-23(22)27-25(28-24)29-14-3-2-4-15-29/h5-12H,2-4,13-17H2,1H3. The second-order valence-electron chi connectivity index (χ2n) is 8.62. The lowest BCUT2D eigenvalue weighted by molar-refractivity contribution is 0.368. The number of sulfonamides is 1. The van der Waals surface area contributed by atoms with Gasteiger partial charge in [-0.2, -0.15) is 9.29 Å². The number of fused-ring (bicyclic) bond motifs is 1. The van der Waals surface area contributed by atoms with E-state index in [1.807, 2.05) is 0 Å². The molecule has 35 heavy (non-hydrogen) atoms. The van der Waals surface area contributed by atoms with Gasteiger partial charge in [0.2, 0.25) is 21.9 Å². The third kappa shape index (κ3) is 4.94. The molecule has 5 rings (SSSR count). The van der Waals surface area contributed by atoms with E-state index >= 15 is 0 Å². The van der Waals surface area contributed by atoms with Gasteiger partial charge in [-0.25, -0.2) is 17.8 Å². The average molecular weight is 499 g/mol. The molecule has 0 aliphatic carbocycles. The zero-order chi connectivity index (χ0) is 24.4. The van der Waals surface area contributed by atoms with Crippen molar-refractivity contribution in [2.75, 3.05) is 31.6 Å². The number of ether oxygens (including phenoxy) is 2. The molecule has 0 radical (unpaired) electrons. The maximum atomic E-state index is 13.4. The Hall–Kier alpha value is -3.24. The van der Waals surface area contributed by atoms with Crippen molar-refractivity contribution >= 4 is 16.0 Å². The molecule has 0 spiro atoms. The van der Waals surface area contributed by atoms with E-state index in [1.165, 1.54) is 22.9 Å². The Balaban J connectivity index is 1.50. The fraction of sp³-hybridized carbons (Fsp3) is 0.360. The SMILES string of the molecule is COc1ccc(Oc2nc(N3CCCCC3)nc3c2CN(S(=O)(=O)c2ccc(F)cc2)CC3)cc1. The number of nitrogens with zero attached hydrogens (tertiary/aromatic N) is 4. The largest absolute Gasteiger partial charge is 0.497 e. The monoisotopic (exact) mass is 498 g/mol. The minimum Gasteiger partial charge on any atom is -0.497 e. The van der Waals surface area contributed by atoms with Gasteiger partial charge in [0.15, 0.2) is 0 Å². The number of hydrogen-bond acceptors (Lipinski definition) is 7. The van der Waals surface area contributed by atoms with Gasteiger partial charge in [-0.3, -0.25) is 0 Å². The second-order valence-corrected chi connectivity index (χ2v) is 10.6. The van der Waals surface area contributed by atoms with Crippen molar-refractivity contribution in [3.63, 3.8) is 0 Å². The first-order chi connectivity index (χ1) is 16.9. The zero-order valence-electron chi connectivity index (χ0n) is 19.5. The maximum absolute atomic E-state index is 13.4. The molecule has 0 atom stereocenters. The molecule has 3 heterocycles. The van der Waals surface area contributed by atoms with Crippen LogP contribution in [0.2, 0.25) is 0 Å². The summed E-state index contributed by atoms with van der Waals surface area (Å²) in [7, 11) is -2.23. The fourth-order valence-corrected chi connectivity index (χ4v) is 5.79. The van der Waals surface area contributed by atoms with Crippen molar-refractivity contribution in [3.8, 4) is 17.4 Å². The number of aromatic nitrogens is 2. The van der Waals surface area contributed by atoms with Crippen molar-refractivity contribution in [2.24, 2.45) is 0 Å². The van der Waals surface area contributed by atoms with Crippen LogP contribution < -0.4 is 14.4 Å². The average Bonchev–Trinajstić information content (AvgIpc) is 2.89. The molecule has 0 amide bonds. The number of rotatable bonds is 6. The van der Waals surface area contributed by atoms with Crippen molar-refractivity contribution in [2.45, 2.75) is 37.1 Å². The summed E-state index contributed by atoms with van der Waals surface area (Å²) >= 11 is 0. The molecular weight excluding hydrogens is 471 g/mol. The zero-order valence-corrected chi connectivity index (χ0v) is 20.3. The van der Waals surface area contributed by atoms with Crippen LogP contribution >= 0.6 is 0 Å². The molecule has 2 aliphatic heterocycles. The third-order valence-electron chi connectivity index (χ3n) is 6.34. The van der Waals surface area contributed by atoms with Gasteiger partial charge >= 0.3 is 0 Å². The van der Waals surface area contributed by atoms with Crippen molar-refractivity contribution < 1.29 is 22.3 Å². The summed E-state index contributed by atoms with van der Waals surface area (Å²) in [5.41, 5.74) is 1.42. The predicted octanol–water partition coefficient (Wildman–Crippen LogP) is 4.15. The van der Waals surface area contributed by atoms with Crippen LogP contribution in [0.5, 0.6) is 17.4 Å². The summed E-state index contributed by atoms with van der Waals surface area (Å²) in [5, 5.41) is 0. The predicted molar refractivity (Wildman–Crippen MR) is 129 cm³/mol. The highest BCUT2D eigenvalue weighted by Gasteiger charge is 2.32. The van der Waals surface area contributed by atoms with Gasteiger partial charge in [-0.05, 0) is 67.8 Å². The van der Waals surface area contributed by atoms with Gasteiger partial charge in [-0.1, -0.05) is 0 Å². The molecule has 2 aromatic carbocycles. The molecule has 2 aliphatic rings. The Morgan fingerprint density at radius 3 is 2.26 bits per heavy atom. The summed E-state index contributed by atoms with van der Waals surface area (Å²) in [6, 6.07) is 12.0. The number of anilines is 1. The summed E-state index contributed by atoms with van der Waals surface area (Å²) in [5.74, 6) is 1.74. The molecule has 3 aromatic rings. The van der Waals surface area contributed by atoms with Gasteiger partial charge in [0.25, 0.3) is 0 Å². The topological polar surface area (TPSA) is 84.9 Å². The third-order valence-corrected chi connectivity index (χ3v) is 8.20. The van der Waals surface area contributed by atoms with Crippen LogP contribution in [-0.4, -0.2) is 49.4 Å². The summed E-state index contributed by atoms with van der Waals surface area (Å²) in [6.45, 7) is 2.10. The number of benzene rings is 2. The van der Waals surface area contributed by atoms with Crippen LogP contribution in [0.1, 0.15) is 30.5 Å². The van der Waals surface area contributed by atoms with E-state index in [0.717, 1.165) is 43.8 Å². The summed E-state index contributed by atoms with van der Waals surface area (Å²) in [4.78, 5) is 11.8. The highest BCUT2D eigenvalue weighted by molar-refractivity contribution is 7.89. The van der Waals surface area contributed by atoms with E-state index in [1.54, 1.807) is 31.4 Å². The minimum atomic E-state index is -3.82. The van der Waals surface area contributed by atoms with E-state index in [2.05, 4.69) is 4.90 Å². The van der Waals surface area contributed by atoms with Crippen molar-refractivity contribution in [3.05, 3.63) is 65.6 Å².